The molecule has 0 unspecified atom stereocenters. The van der Waals surface area contributed by atoms with Gasteiger partial charge in [0.25, 0.3) is 28.4 Å². The van der Waals surface area contributed by atoms with Gasteiger partial charge in [0.15, 0.2) is 0 Å². The second-order valence-corrected chi connectivity index (χ2v) is 52.6. The number of hydrogen-bond acceptors (Lipinski definition) is 30. The molecule has 0 radical (unpaired) electrons. The second kappa shape index (κ2) is 52.3. The molecule has 0 amide bonds. The molecule has 5 aliphatic heterocycles. The predicted molar refractivity (Wildman–Crippen MR) is 578 cm³/mol. The molecule has 788 valence electrons. The number of nitro benzene ring substituents is 5. The van der Waals surface area contributed by atoms with Crippen LogP contribution in [0.1, 0.15) is 86.5 Å². The van der Waals surface area contributed by atoms with Crippen LogP contribution in [0.4, 0.5) is 28.4 Å². The highest BCUT2D eigenvalue weighted by Crippen LogP contribution is 2.47. The summed E-state index contributed by atoms with van der Waals surface area (Å²) in [4.78, 5) is 59.6. The Hall–Kier alpha value is -8.44. The molecule has 5 saturated heterocycles. The quantitative estimate of drug-likeness (QED) is 0.0341. The van der Waals surface area contributed by atoms with E-state index in [9.17, 15) is 92.7 Å². The van der Waals surface area contributed by atoms with Crippen LogP contribution in [0, 0.1) is 78.3 Å². The number of sulfonamides is 5. The number of rotatable bonds is 27. The van der Waals surface area contributed by atoms with Gasteiger partial charge in [-0.05, 0) is 161 Å². The van der Waals surface area contributed by atoms with Crippen molar-refractivity contribution < 1.29 is 80.9 Å². The molecule has 7 fully saturated rings. The summed E-state index contributed by atoms with van der Waals surface area (Å²) in [6.07, 6.45) is 12.0. The highest BCUT2D eigenvalue weighted by atomic mass is 35.5. The van der Waals surface area contributed by atoms with Crippen molar-refractivity contribution >= 4 is 207 Å². The molecule has 0 N–H and O–H groups in total. The van der Waals surface area contributed by atoms with Crippen molar-refractivity contribution in [2.24, 2.45) is 0 Å². The third-order valence-corrected chi connectivity index (χ3v) is 41.7. The molecule has 0 aromatic heterocycles. The molecule has 51 heteroatoms. The Morgan fingerprint density at radius 3 is 0.912 bits per heavy atom. The Bertz CT molecular complexity index is 6570. The predicted octanol–water partition coefficient (Wildman–Crippen LogP) is 23.3. The second-order valence-electron chi connectivity index (χ2n) is 34.7. The van der Waals surface area contributed by atoms with E-state index in [0.29, 0.717) is 167 Å². The molecule has 35 nitrogen and oxygen atoms in total. The average Bonchev–Trinajstić information content (AvgIpc) is 0.781. The Labute approximate surface area is 904 Å². The first kappa shape index (κ1) is 116. The van der Waals surface area contributed by atoms with Gasteiger partial charge in [0.2, 0.25) is 50.1 Å². The van der Waals surface area contributed by atoms with E-state index in [1.54, 1.807) is 65.6 Å². The number of nitro groups is 5. The fourth-order valence-corrected chi connectivity index (χ4v) is 32.0. The number of thioether (sulfide) groups is 3. The molecule has 0 spiro atoms. The van der Waals surface area contributed by atoms with Gasteiger partial charge in [-0.15, -0.1) is 0 Å². The minimum Gasteiger partial charge on any atom is -0.456 e. The zero-order chi connectivity index (χ0) is 106. The number of halogens is 6. The summed E-state index contributed by atoms with van der Waals surface area (Å²) >= 11 is 44.1. The van der Waals surface area contributed by atoms with Crippen LogP contribution in [0.2, 0.25) is 30.1 Å². The maximum Gasteiger partial charge on any atom is 0.271 e. The molecule has 0 bridgehead atoms. The van der Waals surface area contributed by atoms with E-state index in [4.69, 9.17) is 83.8 Å². The lowest BCUT2D eigenvalue weighted by Gasteiger charge is -2.40. The van der Waals surface area contributed by atoms with Crippen LogP contribution < -0.4 is 14.2 Å². The van der Waals surface area contributed by atoms with Crippen molar-refractivity contribution in [2.45, 2.75) is 148 Å². The lowest BCUT2D eigenvalue weighted by molar-refractivity contribution is -0.385. The normalized spacial score (nSPS) is 17.0. The van der Waals surface area contributed by atoms with Crippen molar-refractivity contribution in [1.29, 1.82) is 0 Å². The van der Waals surface area contributed by atoms with Crippen LogP contribution in [-0.2, 0) is 50.1 Å². The number of hydrogen-bond donors (Lipinski definition) is 0. The fraction of sp³-hybridized carbons (Fsp3) is 0.375. The zero-order valence-corrected chi connectivity index (χ0v) is 92.5. The van der Waals surface area contributed by atoms with E-state index < -0.39 is 74.7 Å². The molecule has 2 saturated carbocycles. The summed E-state index contributed by atoms with van der Waals surface area (Å²) in [5, 5.41) is 58.3. The topological polar surface area (TPSA) is 437 Å². The van der Waals surface area contributed by atoms with Gasteiger partial charge in [0, 0.05) is 246 Å². The monoisotopic (exact) mass is 2320 g/mol. The summed E-state index contributed by atoms with van der Waals surface area (Å²) in [6.45, 7) is 13.9. The zero-order valence-electron chi connectivity index (χ0n) is 79.8. The van der Waals surface area contributed by atoms with Gasteiger partial charge in [-0.1, -0.05) is 156 Å². The standard InChI is InChI=1S/C22H25Cl2N3O5S.C22H25Cl2N3O4S2.C18H20N2O5S2.C18H20N2O4S3.C16H14Cl2N2O5S2/c2*23-16-6-8-19(24)21(14-16)32-20-9-7-18(27(28)29)15-22(20)33(30,31)26-12-10-25(11-13-26)17-4-2-1-3-5-17;1-13-3-4-14(2)17(11-13)25-16-6-5-15(20(21)22)12-18(16)27(23,24)19-7-9-26-10-8-19;1-13-3-4-14(2)17(11-13)26-16-6-5-15(20(21)22)12-18(16)27(23,24)19-7-9-25-10-8-19;17-11-1-3-13(18)15(9-11)25-14-4-2-12(20(21)22)10-16(14)27(23,24)19-5-7-26-8-6-19/h2*6-9,14-15,17H,1-5,10-13H2;2*3-6,11-12H,7-10H2,1-2H3;1-4,9-10H,5-8H2. The highest BCUT2D eigenvalue weighted by Gasteiger charge is 2.40. The van der Waals surface area contributed by atoms with Gasteiger partial charge in [0.1, 0.15) is 59.0 Å². The van der Waals surface area contributed by atoms with Crippen LogP contribution in [0.5, 0.6) is 34.5 Å². The van der Waals surface area contributed by atoms with Crippen LogP contribution >= 0.6 is 128 Å². The molecule has 5 heterocycles. The van der Waals surface area contributed by atoms with Gasteiger partial charge in [0.05, 0.1) is 39.7 Å². The number of aryl methyl sites for hydroxylation is 4. The van der Waals surface area contributed by atoms with Crippen LogP contribution in [0.25, 0.3) is 0 Å². The number of piperazine rings is 2. The number of ether oxygens (including phenoxy) is 3. The molecule has 17 rings (SSSR count). The molecular weight excluding hydrogens is 2220 g/mol. The van der Waals surface area contributed by atoms with Gasteiger partial charge in [-0.2, -0.15) is 56.8 Å². The molecule has 2 aliphatic carbocycles. The maximum absolute atomic E-state index is 13.6. The fourth-order valence-electron chi connectivity index (χ4n) is 16.9. The van der Waals surface area contributed by atoms with Gasteiger partial charge < -0.3 is 14.2 Å². The van der Waals surface area contributed by atoms with Crippen molar-refractivity contribution in [3.05, 3.63) is 285 Å². The summed E-state index contributed by atoms with van der Waals surface area (Å²) in [6, 6.07) is 45.3. The molecule has 147 heavy (non-hydrogen) atoms. The maximum atomic E-state index is 13.6. The number of non-ortho nitro benzene ring substituents is 5. The molecule has 7 aliphatic rings. The van der Waals surface area contributed by atoms with E-state index in [-0.39, 0.29) is 91.7 Å². The largest absolute Gasteiger partial charge is 0.456 e. The van der Waals surface area contributed by atoms with Crippen molar-refractivity contribution in [2.75, 3.05) is 126 Å². The Kier molecular flexibility index (Phi) is 41.1. The smallest absolute Gasteiger partial charge is 0.271 e. The summed E-state index contributed by atoms with van der Waals surface area (Å²) < 4.78 is 157. The van der Waals surface area contributed by atoms with E-state index in [0.717, 1.165) is 87.5 Å². The SMILES string of the molecule is Cc1ccc(C)c(Oc2ccc([N+](=O)[O-])cc2S(=O)(=O)N2CCSCC2)c1.Cc1ccc(C)c(Sc2ccc([N+](=O)[O-])cc2S(=O)(=O)N2CCSCC2)c1.O=[N+]([O-])c1ccc(Oc2cc(Cl)ccc2Cl)c(S(=O)(=O)N2CCN(C3CCCCC3)CC2)c1.O=[N+]([O-])c1ccc(Oc2cc(Cl)ccc2Cl)c(S(=O)(=O)N2CCSCC2)c1.O=[N+]([O-])c1ccc(Sc2cc(Cl)ccc2Cl)c(S(=O)(=O)N2CCN(C3CCCCC3)CC2)c1. The number of nitrogens with zero attached hydrogens (tertiary/aromatic N) is 12. The first-order valence-electron chi connectivity index (χ1n) is 46.4. The molecule has 10 aromatic rings. The van der Waals surface area contributed by atoms with Gasteiger partial charge in [-0.3, -0.25) is 60.4 Å². The molecular formula is C96H104Cl6N12O23S10. The number of benzene rings is 10. The van der Waals surface area contributed by atoms with E-state index in [2.05, 4.69) is 9.80 Å². The Morgan fingerprint density at radius 2 is 0.565 bits per heavy atom. The van der Waals surface area contributed by atoms with Crippen LogP contribution in [-0.4, -0.2) is 236 Å². The third kappa shape index (κ3) is 30.1. The van der Waals surface area contributed by atoms with Crippen LogP contribution in [0.15, 0.2) is 226 Å². The van der Waals surface area contributed by atoms with E-state index in [1.165, 1.54) is 176 Å². The lowest BCUT2D eigenvalue weighted by Crippen LogP contribution is -2.52. The Balaban J connectivity index is 0.000000154. The van der Waals surface area contributed by atoms with E-state index >= 15 is 0 Å². The van der Waals surface area contributed by atoms with Crippen molar-refractivity contribution in [3.8, 4) is 34.5 Å². The van der Waals surface area contributed by atoms with Crippen molar-refractivity contribution in [3.63, 3.8) is 0 Å². The third-order valence-electron chi connectivity index (χ3n) is 24.9. The summed E-state index contributed by atoms with van der Waals surface area (Å²) in [7, 11) is -19.7. The van der Waals surface area contributed by atoms with Crippen LogP contribution in [0.3, 0.4) is 0 Å². The molecule has 0 atom stereocenters. The lowest BCUT2D eigenvalue weighted by atomic mass is 9.94. The van der Waals surface area contributed by atoms with E-state index in [1.807, 2.05) is 64.1 Å². The first-order valence-corrected chi connectivity index (χ1v) is 61.0. The van der Waals surface area contributed by atoms with Gasteiger partial charge in [-0.25, -0.2) is 42.1 Å². The highest BCUT2D eigenvalue weighted by molar-refractivity contribution is 8.01. The minimum atomic E-state index is -4.04. The van der Waals surface area contributed by atoms with Gasteiger partial charge >= 0.3 is 0 Å². The van der Waals surface area contributed by atoms with Crippen molar-refractivity contribution in [1.82, 2.24) is 31.3 Å². The summed E-state index contributed by atoms with van der Waals surface area (Å²) in [5.74, 6) is 5.00. The minimum absolute atomic E-state index is 0.00880. The average molecular weight is 2330 g/mol. The summed E-state index contributed by atoms with van der Waals surface area (Å²) in [5.41, 5.74) is 2.47. The molecule has 10 aromatic carbocycles. The Morgan fingerprint density at radius 1 is 0.279 bits per heavy atom. The first-order chi connectivity index (χ1) is 69.9.